The van der Waals surface area contributed by atoms with E-state index in [0.717, 1.165) is 0 Å². The number of halogens is 3. The van der Waals surface area contributed by atoms with Gasteiger partial charge in [-0.25, -0.2) is 4.79 Å². The minimum absolute atomic E-state index is 0.0246. The Morgan fingerprint density at radius 2 is 1.96 bits per heavy atom. The molecule has 0 aromatic carbocycles. The Balaban J connectivity index is 2.46. The van der Waals surface area contributed by atoms with Crippen LogP contribution < -0.4 is 5.32 Å². The number of allylic oxidation sites excluding steroid dienone is 2. The molecule has 10 heteroatoms. The Morgan fingerprint density at radius 3 is 2.39 bits per heavy atom. The Morgan fingerprint density at radius 1 is 1.35 bits per heavy atom. The van der Waals surface area contributed by atoms with Gasteiger partial charge in [-0.05, 0) is 45.6 Å². The average molecular weight is 359 g/mol. The van der Waals surface area contributed by atoms with Crippen LogP contribution in [0.5, 0.6) is 0 Å². The second-order valence-corrected chi connectivity index (χ2v) is 7.71. The number of alkyl carbamates (subject to hydrolysis) is 1. The second kappa shape index (κ2) is 6.98. The third kappa shape index (κ3) is 6.67. The van der Waals surface area contributed by atoms with Crippen molar-refractivity contribution in [3.8, 4) is 0 Å². The first kappa shape index (κ1) is 19.6. The highest BCUT2D eigenvalue weighted by atomic mass is 32.2. The fourth-order valence-corrected chi connectivity index (χ4v) is 2.38. The van der Waals surface area contributed by atoms with E-state index in [1.54, 1.807) is 20.8 Å². The first-order valence-corrected chi connectivity index (χ1v) is 8.37. The molecule has 1 aliphatic rings. The lowest BCUT2D eigenvalue weighted by Crippen LogP contribution is -2.35. The van der Waals surface area contributed by atoms with Gasteiger partial charge >= 0.3 is 21.7 Å². The summed E-state index contributed by atoms with van der Waals surface area (Å²) in [6, 6.07) is 0. The molecular formula is C13H20F3NO5S. The maximum Gasteiger partial charge on any atom is 0.534 e. The van der Waals surface area contributed by atoms with Crippen molar-refractivity contribution in [2.75, 3.05) is 6.54 Å². The Hall–Kier alpha value is -1.45. The zero-order valence-corrected chi connectivity index (χ0v) is 13.9. The van der Waals surface area contributed by atoms with Crippen molar-refractivity contribution in [1.82, 2.24) is 5.32 Å². The predicted molar refractivity (Wildman–Crippen MR) is 75.7 cm³/mol. The molecule has 23 heavy (non-hydrogen) atoms. The first-order chi connectivity index (χ1) is 10.3. The summed E-state index contributed by atoms with van der Waals surface area (Å²) in [5.41, 5.74) is -6.06. The molecule has 0 aromatic heterocycles. The van der Waals surface area contributed by atoms with Crippen LogP contribution in [0.25, 0.3) is 0 Å². The van der Waals surface area contributed by atoms with E-state index in [1.165, 1.54) is 6.08 Å². The van der Waals surface area contributed by atoms with Crippen LogP contribution in [0.15, 0.2) is 11.8 Å². The maximum absolute atomic E-state index is 12.2. The van der Waals surface area contributed by atoms with E-state index in [4.69, 9.17) is 4.74 Å². The number of nitrogens with one attached hydrogen (secondary N) is 1. The molecule has 0 aliphatic heterocycles. The molecular weight excluding hydrogens is 339 g/mol. The van der Waals surface area contributed by atoms with Gasteiger partial charge in [0.25, 0.3) is 0 Å². The molecule has 0 saturated heterocycles. The average Bonchev–Trinajstić information content (AvgIpc) is 2.34. The molecule has 0 saturated carbocycles. The van der Waals surface area contributed by atoms with E-state index < -0.39 is 27.3 Å². The van der Waals surface area contributed by atoms with Crippen LogP contribution in [-0.2, 0) is 19.0 Å². The van der Waals surface area contributed by atoms with Crippen molar-refractivity contribution in [3.63, 3.8) is 0 Å². The van der Waals surface area contributed by atoms with Crippen LogP contribution in [0.2, 0.25) is 0 Å². The number of rotatable bonds is 4. The third-order valence-electron chi connectivity index (χ3n) is 2.91. The number of hydrogen-bond donors (Lipinski definition) is 1. The number of carbonyl (C=O) groups excluding carboxylic acids is 1. The highest BCUT2D eigenvalue weighted by Gasteiger charge is 2.48. The summed E-state index contributed by atoms with van der Waals surface area (Å²) in [4.78, 5) is 11.5. The quantitative estimate of drug-likeness (QED) is 0.616. The second-order valence-electron chi connectivity index (χ2n) is 6.18. The smallest absolute Gasteiger partial charge is 0.444 e. The van der Waals surface area contributed by atoms with Gasteiger partial charge in [-0.15, -0.1) is 0 Å². The van der Waals surface area contributed by atoms with E-state index in [0.29, 0.717) is 12.8 Å². The van der Waals surface area contributed by atoms with Crippen LogP contribution in [0.1, 0.15) is 40.0 Å². The van der Waals surface area contributed by atoms with Crippen molar-refractivity contribution in [1.29, 1.82) is 0 Å². The van der Waals surface area contributed by atoms with Gasteiger partial charge in [0.15, 0.2) is 0 Å². The summed E-state index contributed by atoms with van der Waals surface area (Å²) in [6.07, 6.45) is 1.47. The summed E-state index contributed by atoms with van der Waals surface area (Å²) in [7, 11) is -5.62. The Labute approximate surface area is 133 Å². The Kier molecular flexibility index (Phi) is 5.95. The molecule has 1 amide bonds. The maximum atomic E-state index is 12.2. The fraction of sp³-hybridized carbons (Fsp3) is 0.769. The Bertz CT molecular complexity index is 563. The van der Waals surface area contributed by atoms with E-state index in [9.17, 15) is 26.4 Å². The SMILES string of the molecule is CC(C)(C)OC(=O)NCC1CC=C(OS(=O)(=O)C(F)(F)F)CC1. The van der Waals surface area contributed by atoms with Gasteiger partial charge in [0.1, 0.15) is 11.4 Å². The van der Waals surface area contributed by atoms with E-state index >= 15 is 0 Å². The molecule has 1 unspecified atom stereocenters. The highest BCUT2D eigenvalue weighted by molar-refractivity contribution is 7.87. The van der Waals surface area contributed by atoms with E-state index in [2.05, 4.69) is 9.50 Å². The van der Waals surface area contributed by atoms with Crippen molar-refractivity contribution in [3.05, 3.63) is 11.8 Å². The minimum Gasteiger partial charge on any atom is -0.444 e. The largest absolute Gasteiger partial charge is 0.534 e. The molecule has 1 aliphatic carbocycles. The number of carbonyl (C=O) groups is 1. The van der Waals surface area contributed by atoms with Crippen molar-refractivity contribution < 1.29 is 35.3 Å². The molecule has 6 nitrogen and oxygen atoms in total. The topological polar surface area (TPSA) is 81.7 Å². The standard InChI is InChI=1S/C13H20F3NO5S/c1-12(2,3)21-11(18)17-8-9-4-6-10(7-5-9)22-23(19,20)13(14,15)16/h6,9H,4-5,7-8H2,1-3H3,(H,17,18). The van der Waals surface area contributed by atoms with Gasteiger partial charge in [0.2, 0.25) is 0 Å². The first-order valence-electron chi connectivity index (χ1n) is 6.97. The molecule has 134 valence electrons. The van der Waals surface area contributed by atoms with Crippen LogP contribution in [0.4, 0.5) is 18.0 Å². The lowest BCUT2D eigenvalue weighted by molar-refractivity contribution is -0.0524. The monoisotopic (exact) mass is 359 g/mol. The number of hydrogen-bond acceptors (Lipinski definition) is 5. The van der Waals surface area contributed by atoms with E-state index in [1.807, 2.05) is 0 Å². The summed E-state index contributed by atoms with van der Waals surface area (Å²) in [5, 5.41) is 2.57. The number of amides is 1. The van der Waals surface area contributed by atoms with Crippen molar-refractivity contribution >= 4 is 16.2 Å². The summed E-state index contributed by atoms with van der Waals surface area (Å²) in [6.45, 7) is 5.45. The van der Waals surface area contributed by atoms with E-state index in [-0.39, 0.29) is 24.6 Å². The van der Waals surface area contributed by atoms with Gasteiger partial charge in [-0.1, -0.05) is 0 Å². The molecule has 1 N–H and O–H groups in total. The van der Waals surface area contributed by atoms with Gasteiger partial charge in [0, 0.05) is 13.0 Å². The molecule has 1 atom stereocenters. The summed E-state index contributed by atoms with van der Waals surface area (Å²) < 4.78 is 67.5. The van der Waals surface area contributed by atoms with Crippen LogP contribution >= 0.6 is 0 Å². The molecule has 0 fully saturated rings. The van der Waals surface area contributed by atoms with Crippen molar-refractivity contribution in [2.24, 2.45) is 5.92 Å². The van der Waals surface area contributed by atoms with Gasteiger partial charge in [-0.2, -0.15) is 21.6 Å². The predicted octanol–water partition coefficient (Wildman–Crippen LogP) is 3.06. The van der Waals surface area contributed by atoms with Gasteiger partial charge in [0.05, 0.1) is 0 Å². The number of ether oxygens (including phenoxy) is 1. The zero-order chi connectivity index (χ0) is 17.9. The molecule has 0 radical (unpaired) electrons. The minimum atomic E-state index is -5.62. The molecule has 0 spiro atoms. The van der Waals surface area contributed by atoms with Crippen molar-refractivity contribution in [2.45, 2.75) is 51.1 Å². The molecule has 1 rings (SSSR count). The normalized spacial score (nSPS) is 19.7. The van der Waals surface area contributed by atoms with Gasteiger partial charge in [-0.3, -0.25) is 0 Å². The summed E-state index contributed by atoms with van der Waals surface area (Å²) >= 11 is 0. The molecule has 0 aromatic rings. The lowest BCUT2D eigenvalue weighted by atomic mass is 9.93. The third-order valence-corrected chi connectivity index (χ3v) is 3.91. The van der Waals surface area contributed by atoms with Crippen LogP contribution in [0.3, 0.4) is 0 Å². The highest BCUT2D eigenvalue weighted by Crippen LogP contribution is 2.31. The number of alkyl halides is 3. The van der Waals surface area contributed by atoms with Crippen LogP contribution in [-0.4, -0.2) is 32.2 Å². The lowest BCUT2D eigenvalue weighted by Gasteiger charge is -2.24. The molecule has 0 heterocycles. The molecule has 0 bridgehead atoms. The summed E-state index contributed by atoms with van der Waals surface area (Å²) in [5.74, 6) is -0.251. The van der Waals surface area contributed by atoms with Gasteiger partial charge < -0.3 is 14.2 Å². The fourth-order valence-electron chi connectivity index (χ4n) is 1.86. The van der Waals surface area contributed by atoms with Crippen LogP contribution in [0, 0.1) is 5.92 Å². The zero-order valence-electron chi connectivity index (χ0n) is 13.1.